The van der Waals surface area contributed by atoms with Gasteiger partial charge in [0.15, 0.2) is 11.7 Å². The van der Waals surface area contributed by atoms with Crippen molar-refractivity contribution in [3.05, 3.63) is 83.2 Å². The molecule has 0 radical (unpaired) electrons. The lowest BCUT2D eigenvalue weighted by Crippen LogP contribution is -2.34. The molecule has 0 aliphatic heterocycles. The molecule has 2 heterocycles. The number of carbonyl (C=O) groups is 1. The van der Waals surface area contributed by atoms with Crippen LogP contribution in [0.1, 0.15) is 42.1 Å². The second kappa shape index (κ2) is 9.49. The van der Waals surface area contributed by atoms with Crippen molar-refractivity contribution in [3.63, 3.8) is 0 Å². The van der Waals surface area contributed by atoms with Gasteiger partial charge in [-0.15, -0.1) is 0 Å². The van der Waals surface area contributed by atoms with Crippen molar-refractivity contribution in [2.75, 3.05) is 11.5 Å². The largest absolute Gasteiger partial charge is 0.484 e. The Morgan fingerprint density at radius 1 is 1.06 bits per heavy atom. The summed E-state index contributed by atoms with van der Waals surface area (Å²) in [5, 5.41) is 0.656. The zero-order valence-corrected chi connectivity index (χ0v) is 19.6. The van der Waals surface area contributed by atoms with Crippen LogP contribution in [0.15, 0.2) is 60.8 Å². The predicted octanol–water partition coefficient (Wildman–Crippen LogP) is 6.04. The summed E-state index contributed by atoms with van der Waals surface area (Å²) in [6.45, 7) is 8.71. The smallest absolute Gasteiger partial charge is 0.267 e. The van der Waals surface area contributed by atoms with Gasteiger partial charge in [-0.2, -0.15) is 0 Å². The number of carbonyl (C=O) groups excluding carboxylic acids is 1. The van der Waals surface area contributed by atoms with Crippen molar-refractivity contribution >= 4 is 32.6 Å². The Morgan fingerprint density at radius 3 is 2.53 bits per heavy atom. The molecule has 1 amide bonds. The van der Waals surface area contributed by atoms with Gasteiger partial charge in [-0.05, 0) is 66.8 Å². The zero-order valence-electron chi connectivity index (χ0n) is 18.8. The van der Waals surface area contributed by atoms with Crippen LogP contribution in [0.2, 0.25) is 0 Å². The topological polar surface area (TPSA) is 55.3 Å². The summed E-state index contributed by atoms with van der Waals surface area (Å²) in [7, 11) is 0. The second-order valence-electron chi connectivity index (χ2n) is 8.16. The number of nitrogens with zero attached hydrogens (tertiary/aromatic N) is 3. The van der Waals surface area contributed by atoms with Crippen LogP contribution < -0.4 is 9.64 Å². The van der Waals surface area contributed by atoms with Gasteiger partial charge >= 0.3 is 0 Å². The van der Waals surface area contributed by atoms with Gasteiger partial charge in [0.25, 0.3) is 5.91 Å². The number of aryl methyl sites for hydroxylation is 2. The highest BCUT2D eigenvalue weighted by molar-refractivity contribution is 7.22. The van der Waals surface area contributed by atoms with E-state index in [9.17, 15) is 4.79 Å². The molecular weight excluding hydrogens is 418 g/mol. The van der Waals surface area contributed by atoms with Gasteiger partial charge in [-0.1, -0.05) is 49.4 Å². The Bertz CT molecular complexity index is 1220. The van der Waals surface area contributed by atoms with E-state index < -0.39 is 0 Å². The lowest BCUT2D eigenvalue weighted by atomic mass is 10.0. The lowest BCUT2D eigenvalue weighted by Gasteiger charge is -2.20. The summed E-state index contributed by atoms with van der Waals surface area (Å²) in [6, 6.07) is 17.7. The molecule has 2 aromatic carbocycles. The van der Waals surface area contributed by atoms with Crippen molar-refractivity contribution < 1.29 is 9.53 Å². The summed E-state index contributed by atoms with van der Waals surface area (Å²) in [6.07, 6.45) is 1.73. The Morgan fingerprint density at radius 2 is 1.84 bits per heavy atom. The zero-order chi connectivity index (χ0) is 22.7. The minimum Gasteiger partial charge on any atom is -0.484 e. The molecule has 5 nitrogen and oxygen atoms in total. The molecule has 2 aromatic heterocycles. The number of rotatable bonds is 7. The minimum absolute atomic E-state index is 0.0677. The van der Waals surface area contributed by atoms with Gasteiger partial charge in [0.2, 0.25) is 0 Å². The van der Waals surface area contributed by atoms with Crippen molar-refractivity contribution in [3.8, 4) is 5.75 Å². The predicted molar refractivity (Wildman–Crippen MR) is 131 cm³/mol. The van der Waals surface area contributed by atoms with Crippen LogP contribution in [-0.2, 0) is 11.3 Å². The van der Waals surface area contributed by atoms with Crippen LogP contribution in [0, 0.1) is 13.8 Å². The van der Waals surface area contributed by atoms with Gasteiger partial charge in [-0.25, -0.2) is 4.98 Å². The number of pyridine rings is 1. The first-order chi connectivity index (χ1) is 15.4. The van der Waals surface area contributed by atoms with Crippen LogP contribution >= 0.6 is 11.3 Å². The first-order valence-electron chi connectivity index (χ1n) is 10.7. The molecule has 6 heteroatoms. The maximum atomic E-state index is 13.3. The fourth-order valence-corrected chi connectivity index (χ4v) is 4.46. The van der Waals surface area contributed by atoms with E-state index in [2.05, 4.69) is 44.8 Å². The average molecular weight is 446 g/mol. The molecule has 4 aromatic rings. The van der Waals surface area contributed by atoms with Gasteiger partial charge < -0.3 is 4.74 Å². The summed E-state index contributed by atoms with van der Waals surface area (Å²) >= 11 is 1.51. The van der Waals surface area contributed by atoms with E-state index in [0.717, 1.165) is 21.5 Å². The number of ether oxygens (including phenoxy) is 1. The van der Waals surface area contributed by atoms with Crippen molar-refractivity contribution in [1.82, 2.24) is 9.97 Å². The van der Waals surface area contributed by atoms with E-state index in [4.69, 9.17) is 9.72 Å². The number of benzene rings is 2. The first-order valence-corrected chi connectivity index (χ1v) is 11.5. The Labute approximate surface area is 192 Å². The van der Waals surface area contributed by atoms with Crippen LogP contribution in [0.4, 0.5) is 5.13 Å². The quantitative estimate of drug-likeness (QED) is 0.348. The summed E-state index contributed by atoms with van der Waals surface area (Å²) in [4.78, 5) is 24.2. The van der Waals surface area contributed by atoms with Crippen LogP contribution in [-0.4, -0.2) is 22.5 Å². The third kappa shape index (κ3) is 4.81. The number of aromatic nitrogens is 2. The van der Waals surface area contributed by atoms with E-state index in [0.29, 0.717) is 23.3 Å². The van der Waals surface area contributed by atoms with E-state index in [1.54, 1.807) is 11.1 Å². The number of hydrogen-bond donors (Lipinski definition) is 0. The molecule has 0 unspecified atom stereocenters. The molecule has 0 spiro atoms. The fraction of sp³-hybridized carbons (Fsp3) is 0.269. The van der Waals surface area contributed by atoms with E-state index in [1.807, 2.05) is 42.5 Å². The molecule has 0 bridgehead atoms. The van der Waals surface area contributed by atoms with Crippen LogP contribution in [0.5, 0.6) is 5.75 Å². The molecule has 0 saturated carbocycles. The second-order valence-corrected chi connectivity index (χ2v) is 9.17. The maximum Gasteiger partial charge on any atom is 0.267 e. The highest BCUT2D eigenvalue weighted by Gasteiger charge is 2.22. The third-order valence-corrected chi connectivity index (χ3v) is 6.60. The molecule has 164 valence electrons. The lowest BCUT2D eigenvalue weighted by molar-refractivity contribution is -0.120. The fourth-order valence-electron chi connectivity index (χ4n) is 3.42. The van der Waals surface area contributed by atoms with Gasteiger partial charge in [0, 0.05) is 6.20 Å². The third-order valence-electron chi connectivity index (χ3n) is 5.56. The Balaban J connectivity index is 1.59. The standard InChI is InChI=1S/C26H27N3O2S/c1-17(2)20-9-11-22(12-10-20)31-16-24(30)29(15-21-7-5-6-14-27-21)26-28-25-19(4)18(3)8-13-23(25)32-26/h5-14,17H,15-16H2,1-4H3. The highest BCUT2D eigenvalue weighted by atomic mass is 32.1. The van der Waals surface area contributed by atoms with Crippen molar-refractivity contribution in [1.29, 1.82) is 0 Å². The van der Waals surface area contributed by atoms with Crippen LogP contribution in [0.25, 0.3) is 10.2 Å². The number of hydrogen-bond acceptors (Lipinski definition) is 5. The molecule has 0 fully saturated rings. The summed E-state index contributed by atoms with van der Waals surface area (Å²) < 4.78 is 6.89. The number of thiazole rings is 1. The van der Waals surface area contributed by atoms with Crippen molar-refractivity contribution in [2.45, 2.75) is 40.2 Å². The highest BCUT2D eigenvalue weighted by Crippen LogP contribution is 2.32. The molecule has 0 aliphatic carbocycles. The van der Waals surface area contributed by atoms with Gasteiger partial charge in [0.05, 0.1) is 22.5 Å². The molecular formula is C26H27N3O2S. The molecule has 32 heavy (non-hydrogen) atoms. The molecule has 0 N–H and O–H groups in total. The summed E-state index contributed by atoms with van der Waals surface area (Å²) in [5.74, 6) is 0.971. The van der Waals surface area contributed by atoms with Crippen LogP contribution in [0.3, 0.4) is 0 Å². The molecule has 0 atom stereocenters. The Hall–Kier alpha value is -3.25. The number of anilines is 1. The van der Waals surface area contributed by atoms with E-state index >= 15 is 0 Å². The minimum atomic E-state index is -0.156. The monoisotopic (exact) mass is 445 g/mol. The molecule has 0 aliphatic rings. The first kappa shape index (κ1) is 22.0. The van der Waals surface area contributed by atoms with Crippen molar-refractivity contribution in [2.24, 2.45) is 0 Å². The molecule has 0 saturated heterocycles. The van der Waals surface area contributed by atoms with E-state index in [1.165, 1.54) is 22.5 Å². The van der Waals surface area contributed by atoms with E-state index in [-0.39, 0.29) is 12.5 Å². The SMILES string of the molecule is Cc1ccc2sc(N(Cc3ccccn3)C(=O)COc3ccc(C(C)C)cc3)nc2c1C. The Kier molecular flexibility index (Phi) is 6.51. The maximum absolute atomic E-state index is 13.3. The number of fused-ring (bicyclic) bond motifs is 1. The average Bonchev–Trinajstić information content (AvgIpc) is 3.24. The normalized spacial score (nSPS) is 11.2. The van der Waals surface area contributed by atoms with Gasteiger partial charge in [-0.3, -0.25) is 14.7 Å². The number of amides is 1. The summed E-state index contributed by atoms with van der Waals surface area (Å²) in [5.41, 5.74) is 5.30. The van der Waals surface area contributed by atoms with Gasteiger partial charge in [0.1, 0.15) is 5.75 Å². The molecule has 4 rings (SSSR count).